The van der Waals surface area contributed by atoms with Gasteiger partial charge in [0, 0.05) is 18.6 Å². The first-order chi connectivity index (χ1) is 7.22. The molecule has 0 saturated carbocycles. The molecule has 2 unspecified atom stereocenters. The summed E-state index contributed by atoms with van der Waals surface area (Å²) in [6.07, 6.45) is 1.01. The second kappa shape index (κ2) is 4.29. The summed E-state index contributed by atoms with van der Waals surface area (Å²) in [6, 6.07) is 6.82. The zero-order valence-electron chi connectivity index (χ0n) is 8.86. The highest BCUT2D eigenvalue weighted by Gasteiger charge is 2.32. The van der Waals surface area contributed by atoms with Gasteiger partial charge >= 0.3 is 0 Å². The maximum absolute atomic E-state index is 12.8. The summed E-state index contributed by atoms with van der Waals surface area (Å²) in [5.74, 6) is 0.0698. The van der Waals surface area contributed by atoms with E-state index in [-0.39, 0.29) is 24.4 Å². The molecule has 1 aliphatic heterocycles. The Labute approximate surface area is 89.3 Å². The molecule has 0 aromatic heterocycles. The number of nitrogens with zero attached hydrogens (tertiary/aromatic N) is 1. The van der Waals surface area contributed by atoms with Crippen molar-refractivity contribution in [3.63, 3.8) is 0 Å². The van der Waals surface area contributed by atoms with E-state index in [1.165, 1.54) is 12.1 Å². The average molecular weight is 209 g/mol. The number of hydrogen-bond donors (Lipinski definition) is 1. The van der Waals surface area contributed by atoms with Crippen LogP contribution in [0.15, 0.2) is 24.3 Å². The number of benzene rings is 1. The molecule has 0 amide bonds. The largest absolute Gasteiger partial charge is 0.396 e. The van der Waals surface area contributed by atoms with Crippen molar-refractivity contribution in [2.75, 3.05) is 20.2 Å². The highest BCUT2D eigenvalue weighted by molar-refractivity contribution is 5.21. The van der Waals surface area contributed by atoms with E-state index in [0.717, 1.165) is 18.5 Å². The number of rotatable bonds is 2. The van der Waals surface area contributed by atoms with Crippen LogP contribution >= 0.6 is 0 Å². The lowest BCUT2D eigenvalue weighted by Gasteiger charge is -2.24. The Kier molecular flexibility index (Phi) is 3.03. The van der Waals surface area contributed by atoms with E-state index >= 15 is 0 Å². The first-order valence-electron chi connectivity index (χ1n) is 5.29. The van der Waals surface area contributed by atoms with Crippen molar-refractivity contribution in [3.05, 3.63) is 35.6 Å². The molecule has 2 nitrogen and oxygen atoms in total. The summed E-state index contributed by atoms with van der Waals surface area (Å²) in [5, 5.41) is 9.27. The minimum absolute atomic E-state index is 0.201. The van der Waals surface area contributed by atoms with Gasteiger partial charge in [-0.3, -0.25) is 4.90 Å². The Morgan fingerprint density at radius 2 is 2.07 bits per heavy atom. The molecule has 2 atom stereocenters. The lowest BCUT2D eigenvalue weighted by Crippen LogP contribution is -2.22. The van der Waals surface area contributed by atoms with Crippen molar-refractivity contribution < 1.29 is 9.50 Å². The zero-order valence-corrected chi connectivity index (χ0v) is 8.86. The molecule has 2 rings (SSSR count). The van der Waals surface area contributed by atoms with Gasteiger partial charge in [0.05, 0.1) is 0 Å². The lowest BCUT2D eigenvalue weighted by molar-refractivity contribution is 0.182. The van der Waals surface area contributed by atoms with Crippen molar-refractivity contribution in [1.82, 2.24) is 4.90 Å². The Hall–Kier alpha value is -0.930. The van der Waals surface area contributed by atoms with Gasteiger partial charge in [-0.05, 0) is 37.7 Å². The van der Waals surface area contributed by atoms with E-state index in [9.17, 15) is 9.50 Å². The molecular weight excluding hydrogens is 193 g/mol. The van der Waals surface area contributed by atoms with Crippen molar-refractivity contribution in [2.24, 2.45) is 5.92 Å². The number of halogens is 1. The molecule has 0 aliphatic carbocycles. The average Bonchev–Trinajstić information content (AvgIpc) is 2.61. The molecule has 1 aromatic rings. The van der Waals surface area contributed by atoms with Gasteiger partial charge in [0.15, 0.2) is 0 Å². The molecule has 82 valence electrons. The molecule has 1 fully saturated rings. The molecule has 15 heavy (non-hydrogen) atoms. The lowest BCUT2D eigenvalue weighted by atomic mass is 9.94. The summed E-state index contributed by atoms with van der Waals surface area (Å²) < 4.78 is 12.8. The number of likely N-dealkylation sites (tertiary alicyclic amines) is 1. The van der Waals surface area contributed by atoms with Gasteiger partial charge in [0.2, 0.25) is 0 Å². The van der Waals surface area contributed by atoms with E-state index in [4.69, 9.17) is 0 Å². The van der Waals surface area contributed by atoms with Gasteiger partial charge < -0.3 is 5.11 Å². The Morgan fingerprint density at radius 3 is 2.67 bits per heavy atom. The standard InChI is InChI=1S/C12H16FNO/c1-14-7-6-10(8-15)12(14)9-2-4-11(13)5-3-9/h2-5,10,12,15H,6-8H2,1H3. The second-order valence-corrected chi connectivity index (χ2v) is 4.21. The van der Waals surface area contributed by atoms with Crippen LogP contribution in [0.3, 0.4) is 0 Å². The normalized spacial score (nSPS) is 27.1. The molecule has 0 spiro atoms. The van der Waals surface area contributed by atoms with Crippen LogP contribution in [-0.4, -0.2) is 30.2 Å². The molecular formula is C12H16FNO. The summed E-state index contributed by atoms with van der Waals surface area (Å²) in [4.78, 5) is 2.22. The summed E-state index contributed by atoms with van der Waals surface area (Å²) in [5.41, 5.74) is 1.09. The van der Waals surface area contributed by atoms with Crippen molar-refractivity contribution in [1.29, 1.82) is 0 Å². The maximum Gasteiger partial charge on any atom is 0.123 e. The second-order valence-electron chi connectivity index (χ2n) is 4.21. The summed E-state index contributed by atoms with van der Waals surface area (Å²) in [6.45, 7) is 1.19. The first-order valence-corrected chi connectivity index (χ1v) is 5.29. The predicted octanol–water partition coefficient (Wildman–Crippen LogP) is 1.81. The van der Waals surface area contributed by atoms with Gasteiger partial charge in [0.1, 0.15) is 5.82 Å². The van der Waals surface area contributed by atoms with E-state index in [1.807, 2.05) is 19.2 Å². The van der Waals surface area contributed by atoms with Crippen LogP contribution in [0.25, 0.3) is 0 Å². The SMILES string of the molecule is CN1CCC(CO)C1c1ccc(F)cc1. The van der Waals surface area contributed by atoms with E-state index in [1.54, 1.807) is 0 Å². The quantitative estimate of drug-likeness (QED) is 0.803. The molecule has 3 heteroatoms. The maximum atomic E-state index is 12.8. The zero-order chi connectivity index (χ0) is 10.8. The first kappa shape index (κ1) is 10.6. The minimum atomic E-state index is -0.208. The Balaban J connectivity index is 2.24. The monoisotopic (exact) mass is 209 g/mol. The topological polar surface area (TPSA) is 23.5 Å². The Bertz CT molecular complexity index is 325. The van der Waals surface area contributed by atoms with Gasteiger partial charge in [-0.1, -0.05) is 12.1 Å². The summed E-state index contributed by atoms with van der Waals surface area (Å²) >= 11 is 0. The van der Waals surface area contributed by atoms with E-state index in [2.05, 4.69) is 4.90 Å². The van der Waals surface area contributed by atoms with Crippen molar-refractivity contribution in [2.45, 2.75) is 12.5 Å². The molecule has 1 aromatic carbocycles. The highest BCUT2D eigenvalue weighted by atomic mass is 19.1. The van der Waals surface area contributed by atoms with Crippen molar-refractivity contribution in [3.8, 4) is 0 Å². The Morgan fingerprint density at radius 1 is 1.40 bits per heavy atom. The third-order valence-corrected chi connectivity index (χ3v) is 3.22. The highest BCUT2D eigenvalue weighted by Crippen LogP contribution is 2.35. The van der Waals surface area contributed by atoms with E-state index in [0.29, 0.717) is 0 Å². The van der Waals surface area contributed by atoms with Crippen LogP contribution in [0.4, 0.5) is 4.39 Å². The predicted molar refractivity (Wildman–Crippen MR) is 57.0 cm³/mol. The smallest absolute Gasteiger partial charge is 0.123 e. The molecule has 1 heterocycles. The molecule has 1 aliphatic rings. The third kappa shape index (κ3) is 2.03. The fourth-order valence-corrected chi connectivity index (χ4v) is 2.40. The number of aliphatic hydroxyl groups is 1. The third-order valence-electron chi connectivity index (χ3n) is 3.22. The fourth-order valence-electron chi connectivity index (χ4n) is 2.40. The number of hydrogen-bond acceptors (Lipinski definition) is 2. The molecule has 0 radical (unpaired) electrons. The van der Waals surface area contributed by atoms with E-state index < -0.39 is 0 Å². The van der Waals surface area contributed by atoms with Gasteiger partial charge in [-0.15, -0.1) is 0 Å². The van der Waals surface area contributed by atoms with Crippen molar-refractivity contribution >= 4 is 0 Å². The van der Waals surface area contributed by atoms with Gasteiger partial charge in [0.25, 0.3) is 0 Å². The molecule has 1 saturated heterocycles. The molecule has 0 bridgehead atoms. The fraction of sp³-hybridized carbons (Fsp3) is 0.500. The van der Waals surface area contributed by atoms with Gasteiger partial charge in [-0.2, -0.15) is 0 Å². The van der Waals surface area contributed by atoms with Crippen LogP contribution < -0.4 is 0 Å². The van der Waals surface area contributed by atoms with Crippen LogP contribution in [-0.2, 0) is 0 Å². The molecule has 1 N–H and O–H groups in total. The number of aliphatic hydroxyl groups excluding tert-OH is 1. The minimum Gasteiger partial charge on any atom is -0.396 e. The van der Waals surface area contributed by atoms with Crippen LogP contribution in [0.1, 0.15) is 18.0 Å². The van der Waals surface area contributed by atoms with Gasteiger partial charge in [-0.25, -0.2) is 4.39 Å². The summed E-state index contributed by atoms with van der Waals surface area (Å²) in [7, 11) is 2.05. The van der Waals surface area contributed by atoms with Crippen LogP contribution in [0.2, 0.25) is 0 Å². The van der Waals surface area contributed by atoms with Crippen LogP contribution in [0, 0.1) is 11.7 Å². The van der Waals surface area contributed by atoms with Crippen LogP contribution in [0.5, 0.6) is 0 Å².